The van der Waals surface area contributed by atoms with Gasteiger partial charge in [0.05, 0.1) is 6.21 Å². The van der Waals surface area contributed by atoms with Gasteiger partial charge in [-0.1, -0.05) is 23.7 Å². The van der Waals surface area contributed by atoms with Gasteiger partial charge in [0.25, 0.3) is 0 Å². The SMILES string of the molecule is O=C(CCC(=O)Nc1ccc(F)cc1)N/N=C/c1ccc(Cl)cc1. The van der Waals surface area contributed by atoms with Crippen LogP contribution in [0.15, 0.2) is 53.6 Å². The van der Waals surface area contributed by atoms with Crippen molar-refractivity contribution in [2.75, 3.05) is 5.32 Å². The van der Waals surface area contributed by atoms with Crippen molar-refractivity contribution in [2.24, 2.45) is 5.10 Å². The molecule has 2 aromatic carbocycles. The van der Waals surface area contributed by atoms with E-state index in [4.69, 9.17) is 11.6 Å². The molecule has 2 N–H and O–H groups in total. The molecule has 0 aliphatic rings. The fourth-order valence-electron chi connectivity index (χ4n) is 1.77. The predicted molar refractivity (Wildman–Crippen MR) is 91.5 cm³/mol. The van der Waals surface area contributed by atoms with E-state index < -0.39 is 0 Å². The number of anilines is 1. The van der Waals surface area contributed by atoms with Crippen LogP contribution < -0.4 is 10.7 Å². The Kier molecular flexibility index (Phi) is 6.45. The molecule has 2 aromatic rings. The summed E-state index contributed by atoms with van der Waals surface area (Å²) in [5, 5.41) is 6.99. The van der Waals surface area contributed by atoms with Crippen LogP contribution in [-0.2, 0) is 9.59 Å². The van der Waals surface area contributed by atoms with Gasteiger partial charge < -0.3 is 5.32 Å². The van der Waals surface area contributed by atoms with Crippen molar-refractivity contribution in [2.45, 2.75) is 12.8 Å². The van der Waals surface area contributed by atoms with E-state index in [0.717, 1.165) is 5.56 Å². The molecule has 0 radical (unpaired) electrons. The monoisotopic (exact) mass is 347 g/mol. The van der Waals surface area contributed by atoms with Crippen molar-refractivity contribution in [3.8, 4) is 0 Å². The first-order valence-electron chi connectivity index (χ1n) is 7.16. The Bertz CT molecular complexity index is 731. The second-order valence-electron chi connectivity index (χ2n) is 4.90. The summed E-state index contributed by atoms with van der Waals surface area (Å²) < 4.78 is 12.8. The number of hydrogen-bond acceptors (Lipinski definition) is 3. The van der Waals surface area contributed by atoms with Gasteiger partial charge in [0.1, 0.15) is 5.82 Å². The molecule has 2 amide bonds. The molecule has 0 bridgehead atoms. The van der Waals surface area contributed by atoms with Crippen LogP contribution in [0, 0.1) is 5.82 Å². The Morgan fingerprint density at radius 2 is 1.62 bits per heavy atom. The van der Waals surface area contributed by atoms with E-state index in [1.54, 1.807) is 24.3 Å². The third-order valence-corrected chi connectivity index (χ3v) is 3.23. The zero-order valence-corrected chi connectivity index (χ0v) is 13.4. The minimum absolute atomic E-state index is 0.000323. The Hall–Kier alpha value is -2.73. The van der Waals surface area contributed by atoms with Gasteiger partial charge in [-0.25, -0.2) is 9.82 Å². The lowest BCUT2D eigenvalue weighted by Gasteiger charge is -2.04. The maximum Gasteiger partial charge on any atom is 0.240 e. The summed E-state index contributed by atoms with van der Waals surface area (Å²) in [6, 6.07) is 12.3. The Balaban J connectivity index is 1.71. The van der Waals surface area contributed by atoms with Gasteiger partial charge in [0, 0.05) is 23.6 Å². The van der Waals surface area contributed by atoms with Crippen molar-refractivity contribution < 1.29 is 14.0 Å². The minimum Gasteiger partial charge on any atom is -0.326 e. The summed E-state index contributed by atoms with van der Waals surface area (Å²) in [5.74, 6) is -1.10. The molecule has 0 spiro atoms. The van der Waals surface area contributed by atoms with E-state index in [0.29, 0.717) is 10.7 Å². The van der Waals surface area contributed by atoms with Gasteiger partial charge >= 0.3 is 0 Å². The summed E-state index contributed by atoms with van der Waals surface area (Å²) >= 11 is 5.76. The molecular weight excluding hydrogens is 333 g/mol. The Labute approximate surface area is 143 Å². The van der Waals surface area contributed by atoms with Gasteiger partial charge in [0.2, 0.25) is 11.8 Å². The highest BCUT2D eigenvalue weighted by Crippen LogP contribution is 2.09. The number of hydrogen-bond donors (Lipinski definition) is 2. The van der Waals surface area contributed by atoms with Crippen LogP contribution in [-0.4, -0.2) is 18.0 Å². The summed E-state index contributed by atoms with van der Waals surface area (Å²) in [6.07, 6.45) is 1.47. The van der Waals surface area contributed by atoms with E-state index >= 15 is 0 Å². The van der Waals surface area contributed by atoms with Crippen LogP contribution in [0.25, 0.3) is 0 Å². The van der Waals surface area contributed by atoms with Crippen LogP contribution in [0.4, 0.5) is 10.1 Å². The molecule has 5 nitrogen and oxygen atoms in total. The van der Waals surface area contributed by atoms with Gasteiger partial charge in [-0.3, -0.25) is 9.59 Å². The highest BCUT2D eigenvalue weighted by atomic mass is 35.5. The van der Waals surface area contributed by atoms with E-state index in [1.165, 1.54) is 30.5 Å². The first-order chi connectivity index (χ1) is 11.5. The van der Waals surface area contributed by atoms with E-state index in [1.807, 2.05) is 0 Å². The molecule has 7 heteroatoms. The number of nitrogens with one attached hydrogen (secondary N) is 2. The van der Waals surface area contributed by atoms with Crippen LogP contribution in [0.3, 0.4) is 0 Å². The molecule has 0 saturated heterocycles. The summed E-state index contributed by atoms with van der Waals surface area (Å²) in [4.78, 5) is 23.3. The third-order valence-electron chi connectivity index (χ3n) is 2.98. The molecule has 0 saturated carbocycles. The number of hydrazone groups is 1. The average molecular weight is 348 g/mol. The van der Waals surface area contributed by atoms with E-state index in [-0.39, 0.29) is 30.5 Å². The van der Waals surface area contributed by atoms with Crippen LogP contribution in [0.1, 0.15) is 18.4 Å². The summed E-state index contributed by atoms with van der Waals surface area (Å²) in [6.45, 7) is 0. The molecule has 0 aromatic heterocycles. The normalized spacial score (nSPS) is 10.6. The summed E-state index contributed by atoms with van der Waals surface area (Å²) in [5.41, 5.74) is 3.60. The first-order valence-corrected chi connectivity index (χ1v) is 7.53. The van der Waals surface area contributed by atoms with E-state index in [9.17, 15) is 14.0 Å². The van der Waals surface area contributed by atoms with Gasteiger partial charge in [-0.15, -0.1) is 0 Å². The summed E-state index contributed by atoms with van der Waals surface area (Å²) in [7, 11) is 0. The number of nitrogens with zero attached hydrogens (tertiary/aromatic N) is 1. The molecule has 0 aliphatic heterocycles. The van der Waals surface area contributed by atoms with Gasteiger partial charge in [-0.05, 0) is 42.0 Å². The lowest BCUT2D eigenvalue weighted by atomic mass is 10.2. The number of benzene rings is 2. The lowest BCUT2D eigenvalue weighted by molar-refractivity contribution is -0.124. The second-order valence-corrected chi connectivity index (χ2v) is 5.34. The number of carbonyl (C=O) groups is 2. The molecule has 124 valence electrons. The van der Waals surface area contributed by atoms with Crippen molar-refractivity contribution in [1.29, 1.82) is 0 Å². The van der Waals surface area contributed by atoms with Crippen LogP contribution in [0.2, 0.25) is 5.02 Å². The predicted octanol–water partition coefficient (Wildman–Crippen LogP) is 3.35. The van der Waals surface area contributed by atoms with Crippen LogP contribution >= 0.6 is 11.6 Å². The van der Waals surface area contributed by atoms with Crippen molar-refractivity contribution in [3.05, 3.63) is 64.9 Å². The zero-order valence-electron chi connectivity index (χ0n) is 12.6. The fourth-order valence-corrected chi connectivity index (χ4v) is 1.89. The first kappa shape index (κ1) is 17.6. The molecule has 0 aliphatic carbocycles. The molecule has 24 heavy (non-hydrogen) atoms. The van der Waals surface area contributed by atoms with Gasteiger partial charge in [0.15, 0.2) is 0 Å². The number of halogens is 2. The Morgan fingerprint density at radius 1 is 1.00 bits per heavy atom. The highest BCUT2D eigenvalue weighted by molar-refractivity contribution is 6.30. The topological polar surface area (TPSA) is 70.6 Å². The molecule has 0 heterocycles. The molecule has 0 atom stereocenters. The zero-order chi connectivity index (χ0) is 17.4. The second kappa shape index (κ2) is 8.79. The van der Waals surface area contributed by atoms with E-state index in [2.05, 4.69) is 15.8 Å². The minimum atomic E-state index is -0.383. The maximum absolute atomic E-state index is 12.8. The average Bonchev–Trinajstić information content (AvgIpc) is 2.57. The molecule has 2 rings (SSSR count). The molecule has 0 unspecified atom stereocenters. The van der Waals surface area contributed by atoms with Crippen molar-refractivity contribution in [1.82, 2.24) is 5.43 Å². The number of rotatable bonds is 6. The van der Waals surface area contributed by atoms with Crippen molar-refractivity contribution >= 4 is 35.3 Å². The maximum atomic E-state index is 12.8. The molecule has 0 fully saturated rings. The largest absolute Gasteiger partial charge is 0.326 e. The van der Waals surface area contributed by atoms with Gasteiger partial charge in [-0.2, -0.15) is 5.10 Å². The number of carbonyl (C=O) groups excluding carboxylic acids is 2. The van der Waals surface area contributed by atoms with Crippen LogP contribution in [0.5, 0.6) is 0 Å². The number of amides is 2. The lowest BCUT2D eigenvalue weighted by Crippen LogP contribution is -2.20. The van der Waals surface area contributed by atoms with Crippen molar-refractivity contribution in [3.63, 3.8) is 0 Å². The highest BCUT2D eigenvalue weighted by Gasteiger charge is 2.06. The quantitative estimate of drug-likeness (QED) is 0.621. The fraction of sp³-hybridized carbons (Fsp3) is 0.118. The standard InChI is InChI=1S/C17H15ClFN3O2/c18-13-3-1-12(2-4-13)11-20-22-17(24)10-9-16(23)21-15-7-5-14(19)6-8-15/h1-8,11H,9-10H2,(H,21,23)(H,22,24)/b20-11+. The Morgan fingerprint density at radius 3 is 2.29 bits per heavy atom. The molecular formula is C17H15ClFN3O2. The third kappa shape index (κ3) is 6.18. The smallest absolute Gasteiger partial charge is 0.240 e.